The lowest BCUT2D eigenvalue weighted by Crippen LogP contribution is -2.41. The summed E-state index contributed by atoms with van der Waals surface area (Å²) in [5, 5.41) is 0. The van der Waals surface area contributed by atoms with E-state index in [-0.39, 0.29) is 16.6 Å². The second kappa shape index (κ2) is 5.72. The van der Waals surface area contributed by atoms with Gasteiger partial charge in [0.15, 0.2) is 0 Å². The van der Waals surface area contributed by atoms with Gasteiger partial charge in [0.2, 0.25) is 5.91 Å². The number of nitrogens with one attached hydrogen (secondary N) is 1. The van der Waals surface area contributed by atoms with Crippen LogP contribution >= 0.6 is 0 Å². The number of fused-ring (bicyclic) bond motifs is 1. The van der Waals surface area contributed by atoms with Crippen LogP contribution in [0.25, 0.3) is 0 Å². The van der Waals surface area contributed by atoms with Crippen LogP contribution in [-0.4, -0.2) is 44.2 Å². The number of benzene rings is 1. The number of likely N-dealkylation sites (tertiary alicyclic amines) is 1. The Bertz CT molecular complexity index is 721. The number of amidine groups is 1. The molecule has 2 heterocycles. The maximum absolute atomic E-state index is 12.4. The Balaban J connectivity index is 1.85. The zero-order valence-corrected chi connectivity index (χ0v) is 13.3. The van der Waals surface area contributed by atoms with Gasteiger partial charge in [-0.1, -0.05) is 12.1 Å². The van der Waals surface area contributed by atoms with Crippen LogP contribution in [0.15, 0.2) is 34.2 Å². The monoisotopic (exact) mass is 321 g/mol. The van der Waals surface area contributed by atoms with Gasteiger partial charge in [-0.15, -0.1) is 0 Å². The normalized spacial score (nSPS) is 23.0. The maximum Gasteiger partial charge on any atom is 0.263 e. The summed E-state index contributed by atoms with van der Waals surface area (Å²) in [6, 6.07) is 6.07. The van der Waals surface area contributed by atoms with Crippen LogP contribution in [0.1, 0.15) is 31.7 Å². The lowest BCUT2D eigenvalue weighted by Gasteiger charge is -2.28. The topological polar surface area (TPSA) is 78.8 Å². The first-order valence-corrected chi connectivity index (χ1v) is 8.96. The quantitative estimate of drug-likeness (QED) is 0.887. The summed E-state index contributed by atoms with van der Waals surface area (Å²) >= 11 is 0. The number of amides is 1. The molecule has 0 saturated carbocycles. The lowest BCUT2D eigenvalue weighted by molar-refractivity contribution is -0.132. The molecule has 22 heavy (non-hydrogen) atoms. The molecular weight excluding hydrogens is 302 g/mol. The van der Waals surface area contributed by atoms with E-state index in [1.54, 1.807) is 25.1 Å². The van der Waals surface area contributed by atoms with Gasteiger partial charge in [-0.2, -0.15) is 0 Å². The molecule has 0 unspecified atom stereocenters. The Morgan fingerprint density at radius 3 is 2.64 bits per heavy atom. The zero-order chi connectivity index (χ0) is 15.7. The molecule has 2 aliphatic rings. The van der Waals surface area contributed by atoms with Crippen LogP contribution in [0.5, 0.6) is 0 Å². The first kappa shape index (κ1) is 15.0. The Kier molecular flexibility index (Phi) is 3.90. The Morgan fingerprint density at radius 2 is 1.91 bits per heavy atom. The van der Waals surface area contributed by atoms with E-state index in [0.717, 1.165) is 32.4 Å². The van der Waals surface area contributed by atoms with Crippen molar-refractivity contribution in [2.75, 3.05) is 13.1 Å². The predicted octanol–water partition coefficient (Wildman–Crippen LogP) is 1.13. The second-order valence-corrected chi connectivity index (χ2v) is 7.29. The van der Waals surface area contributed by atoms with Gasteiger partial charge in [-0.25, -0.2) is 8.42 Å². The van der Waals surface area contributed by atoms with E-state index in [4.69, 9.17) is 0 Å². The van der Waals surface area contributed by atoms with E-state index < -0.39 is 16.1 Å². The first-order chi connectivity index (χ1) is 10.5. The van der Waals surface area contributed by atoms with Gasteiger partial charge in [0.25, 0.3) is 10.0 Å². The molecule has 0 bridgehead atoms. The van der Waals surface area contributed by atoms with Gasteiger partial charge in [-0.05, 0) is 38.3 Å². The number of piperidine rings is 1. The molecule has 3 rings (SSSR count). The van der Waals surface area contributed by atoms with E-state index in [2.05, 4.69) is 9.71 Å². The average Bonchev–Trinajstić information content (AvgIpc) is 2.79. The van der Waals surface area contributed by atoms with Crippen molar-refractivity contribution < 1.29 is 13.2 Å². The number of nitrogens with zero attached hydrogens (tertiary/aromatic N) is 2. The van der Waals surface area contributed by atoms with Gasteiger partial charge in [-0.3, -0.25) is 14.5 Å². The van der Waals surface area contributed by atoms with E-state index in [0.29, 0.717) is 5.56 Å². The summed E-state index contributed by atoms with van der Waals surface area (Å²) in [7, 11) is -3.56. The number of aliphatic imine (C=N–C) groups is 1. The minimum absolute atomic E-state index is 0.0456. The molecule has 1 saturated heterocycles. The minimum atomic E-state index is -3.56. The smallest absolute Gasteiger partial charge is 0.263 e. The Morgan fingerprint density at radius 1 is 1.23 bits per heavy atom. The van der Waals surface area contributed by atoms with E-state index >= 15 is 0 Å². The third-order valence-corrected chi connectivity index (χ3v) is 5.41. The molecule has 1 aromatic rings. The van der Waals surface area contributed by atoms with E-state index in [9.17, 15) is 13.2 Å². The standard InChI is InChI=1S/C15H19N3O3S/c1-11(15(19)18-9-5-2-6-10-18)16-14-12-7-3-4-8-13(12)22(20,21)17-14/h3-4,7-8,11H,2,5-6,9-10H2,1H3,(H,16,17)/t11-/m1/s1. The van der Waals surface area contributed by atoms with Gasteiger partial charge in [0.1, 0.15) is 11.9 Å². The molecule has 1 amide bonds. The number of carbonyl (C=O) groups is 1. The summed E-state index contributed by atoms with van der Waals surface area (Å²) in [4.78, 5) is 18.8. The highest BCUT2D eigenvalue weighted by molar-refractivity contribution is 7.90. The van der Waals surface area contributed by atoms with E-state index in [1.165, 1.54) is 6.07 Å². The fourth-order valence-electron chi connectivity index (χ4n) is 2.86. The molecule has 6 nitrogen and oxygen atoms in total. The maximum atomic E-state index is 12.4. The lowest BCUT2D eigenvalue weighted by atomic mass is 10.1. The third-order valence-electron chi connectivity index (χ3n) is 4.01. The number of rotatable bonds is 2. The Labute approximate surface area is 130 Å². The molecule has 2 aliphatic heterocycles. The summed E-state index contributed by atoms with van der Waals surface area (Å²) in [6.45, 7) is 3.23. The fourth-order valence-corrected chi connectivity index (χ4v) is 4.10. The van der Waals surface area contributed by atoms with Crippen molar-refractivity contribution in [1.29, 1.82) is 0 Å². The van der Waals surface area contributed by atoms with Crippen LogP contribution in [-0.2, 0) is 14.8 Å². The third kappa shape index (κ3) is 2.72. The molecule has 7 heteroatoms. The highest BCUT2D eigenvalue weighted by Gasteiger charge is 2.31. The Hall–Kier alpha value is -1.89. The van der Waals surface area contributed by atoms with Crippen LogP contribution < -0.4 is 4.72 Å². The van der Waals surface area contributed by atoms with Gasteiger partial charge >= 0.3 is 0 Å². The van der Waals surface area contributed by atoms with E-state index in [1.807, 2.05) is 4.90 Å². The van der Waals surface area contributed by atoms with Crippen molar-refractivity contribution in [2.45, 2.75) is 37.1 Å². The largest absolute Gasteiger partial charge is 0.341 e. The molecule has 0 aromatic heterocycles. The molecule has 1 N–H and O–H groups in total. The summed E-state index contributed by atoms with van der Waals surface area (Å²) in [5.74, 6) is 0.212. The molecule has 1 fully saturated rings. The van der Waals surface area contributed by atoms with Crippen LogP contribution in [0.4, 0.5) is 0 Å². The fraction of sp³-hybridized carbons (Fsp3) is 0.467. The minimum Gasteiger partial charge on any atom is -0.341 e. The molecule has 1 aromatic carbocycles. The van der Waals surface area contributed by atoms with Crippen LogP contribution in [0, 0.1) is 0 Å². The first-order valence-electron chi connectivity index (χ1n) is 7.48. The van der Waals surface area contributed by atoms with Crippen molar-refractivity contribution in [2.24, 2.45) is 4.99 Å². The summed E-state index contributed by atoms with van der Waals surface area (Å²) < 4.78 is 26.5. The zero-order valence-electron chi connectivity index (χ0n) is 12.4. The summed E-state index contributed by atoms with van der Waals surface area (Å²) in [6.07, 6.45) is 3.19. The van der Waals surface area contributed by atoms with Crippen molar-refractivity contribution in [3.05, 3.63) is 29.8 Å². The van der Waals surface area contributed by atoms with Crippen molar-refractivity contribution >= 4 is 21.8 Å². The van der Waals surface area contributed by atoms with Gasteiger partial charge in [0.05, 0.1) is 4.90 Å². The highest BCUT2D eigenvalue weighted by atomic mass is 32.2. The van der Waals surface area contributed by atoms with Crippen molar-refractivity contribution in [1.82, 2.24) is 9.62 Å². The number of hydrogen-bond donors (Lipinski definition) is 1. The SMILES string of the molecule is C[C@@H](N=C1NS(=O)(=O)c2ccccc21)C(=O)N1CCCCC1. The van der Waals surface area contributed by atoms with Crippen LogP contribution in [0.2, 0.25) is 0 Å². The molecule has 1 atom stereocenters. The van der Waals surface area contributed by atoms with Crippen LogP contribution in [0.3, 0.4) is 0 Å². The second-order valence-electron chi connectivity index (χ2n) is 5.64. The molecule has 118 valence electrons. The van der Waals surface area contributed by atoms with Gasteiger partial charge in [0, 0.05) is 18.7 Å². The number of sulfonamides is 1. The number of hydrogen-bond acceptors (Lipinski definition) is 4. The van der Waals surface area contributed by atoms with Crippen molar-refractivity contribution in [3.63, 3.8) is 0 Å². The average molecular weight is 321 g/mol. The van der Waals surface area contributed by atoms with Crippen molar-refractivity contribution in [3.8, 4) is 0 Å². The molecule has 0 spiro atoms. The number of carbonyl (C=O) groups excluding carboxylic acids is 1. The molecular formula is C15H19N3O3S. The predicted molar refractivity (Wildman–Crippen MR) is 83.2 cm³/mol. The summed E-state index contributed by atoms with van der Waals surface area (Å²) in [5.41, 5.74) is 0.529. The highest BCUT2D eigenvalue weighted by Crippen LogP contribution is 2.23. The molecule has 0 aliphatic carbocycles. The van der Waals surface area contributed by atoms with Gasteiger partial charge < -0.3 is 4.90 Å². The molecule has 0 radical (unpaired) electrons.